The molecule has 1 amide bonds. The minimum Gasteiger partial charge on any atom is -0.372 e. The number of H-pyrrole nitrogens is 1. The SMILES string of the molecule is CCCN(Cc1nc2cc(Cl)ccc2c(=O)[nH]1)C(=O)COCC. The van der Waals surface area contributed by atoms with Gasteiger partial charge in [0.2, 0.25) is 5.91 Å². The number of hydrogen-bond acceptors (Lipinski definition) is 4. The van der Waals surface area contributed by atoms with E-state index in [1.165, 1.54) is 0 Å². The fourth-order valence-corrected chi connectivity index (χ4v) is 2.43. The van der Waals surface area contributed by atoms with Gasteiger partial charge in [0.25, 0.3) is 5.56 Å². The first-order valence-corrected chi connectivity index (χ1v) is 7.97. The molecule has 0 aliphatic carbocycles. The highest BCUT2D eigenvalue weighted by Crippen LogP contribution is 2.15. The van der Waals surface area contributed by atoms with E-state index < -0.39 is 0 Å². The number of aromatic nitrogens is 2. The molecule has 0 saturated carbocycles. The van der Waals surface area contributed by atoms with Crippen molar-refractivity contribution in [1.29, 1.82) is 0 Å². The van der Waals surface area contributed by atoms with Gasteiger partial charge in [0.15, 0.2) is 0 Å². The van der Waals surface area contributed by atoms with Crippen LogP contribution in [-0.4, -0.2) is 40.5 Å². The fourth-order valence-electron chi connectivity index (χ4n) is 2.26. The van der Waals surface area contributed by atoms with Gasteiger partial charge in [-0.3, -0.25) is 9.59 Å². The second-order valence-electron chi connectivity index (χ2n) is 5.13. The topological polar surface area (TPSA) is 75.3 Å². The van der Waals surface area contributed by atoms with E-state index in [0.29, 0.717) is 34.9 Å². The van der Waals surface area contributed by atoms with Crippen molar-refractivity contribution in [2.75, 3.05) is 19.8 Å². The second kappa shape index (κ2) is 8.08. The maximum atomic E-state index is 12.2. The molecule has 1 N–H and O–H groups in total. The van der Waals surface area contributed by atoms with Crippen LogP contribution in [0.15, 0.2) is 23.0 Å². The van der Waals surface area contributed by atoms with Crippen molar-refractivity contribution < 1.29 is 9.53 Å². The minimum absolute atomic E-state index is 0.0279. The van der Waals surface area contributed by atoms with Crippen molar-refractivity contribution in [2.45, 2.75) is 26.8 Å². The molecule has 23 heavy (non-hydrogen) atoms. The molecule has 0 aliphatic heterocycles. The lowest BCUT2D eigenvalue weighted by molar-refractivity contribution is -0.136. The molecule has 1 aromatic carbocycles. The zero-order valence-corrected chi connectivity index (χ0v) is 14.0. The minimum atomic E-state index is -0.240. The summed E-state index contributed by atoms with van der Waals surface area (Å²) < 4.78 is 5.17. The van der Waals surface area contributed by atoms with Gasteiger partial charge in [-0.2, -0.15) is 0 Å². The van der Waals surface area contributed by atoms with Crippen LogP contribution >= 0.6 is 11.6 Å². The summed E-state index contributed by atoms with van der Waals surface area (Å²) in [5, 5.41) is 0.986. The number of aromatic amines is 1. The number of amides is 1. The Bertz CT molecular complexity index is 745. The molecule has 2 aromatic rings. The van der Waals surface area contributed by atoms with E-state index >= 15 is 0 Å². The van der Waals surface area contributed by atoms with E-state index in [1.54, 1.807) is 23.1 Å². The van der Waals surface area contributed by atoms with E-state index in [9.17, 15) is 9.59 Å². The molecule has 6 nitrogen and oxygen atoms in total. The third-order valence-electron chi connectivity index (χ3n) is 3.33. The van der Waals surface area contributed by atoms with Gasteiger partial charge in [-0.15, -0.1) is 0 Å². The van der Waals surface area contributed by atoms with Crippen LogP contribution in [0.3, 0.4) is 0 Å². The van der Waals surface area contributed by atoms with Crippen molar-refractivity contribution >= 4 is 28.4 Å². The predicted molar refractivity (Wildman–Crippen MR) is 89.6 cm³/mol. The molecule has 1 heterocycles. The first kappa shape index (κ1) is 17.4. The van der Waals surface area contributed by atoms with Gasteiger partial charge in [0.05, 0.1) is 17.4 Å². The van der Waals surface area contributed by atoms with Gasteiger partial charge in [0, 0.05) is 18.2 Å². The van der Waals surface area contributed by atoms with E-state index in [0.717, 1.165) is 6.42 Å². The van der Waals surface area contributed by atoms with Crippen molar-refractivity contribution in [3.63, 3.8) is 0 Å². The summed E-state index contributed by atoms with van der Waals surface area (Å²) in [6.07, 6.45) is 0.807. The van der Waals surface area contributed by atoms with Crippen LogP contribution in [-0.2, 0) is 16.1 Å². The first-order chi connectivity index (χ1) is 11.0. The highest BCUT2D eigenvalue weighted by Gasteiger charge is 2.15. The first-order valence-electron chi connectivity index (χ1n) is 7.59. The summed E-state index contributed by atoms with van der Waals surface area (Å²) in [4.78, 5) is 33.0. The predicted octanol–water partition coefficient (Wildman–Crippen LogP) is 2.35. The lowest BCUT2D eigenvalue weighted by Crippen LogP contribution is -2.35. The number of ether oxygens (including phenoxy) is 1. The standard InChI is InChI=1S/C16H20ClN3O3/c1-3-7-20(15(21)10-23-4-2)9-14-18-13-8-11(17)5-6-12(13)16(22)19-14/h5-6,8H,3-4,7,9-10H2,1-2H3,(H,18,19,22). The third kappa shape index (κ3) is 4.53. The number of hydrogen-bond donors (Lipinski definition) is 1. The Balaban J connectivity index is 2.27. The lowest BCUT2D eigenvalue weighted by Gasteiger charge is -2.21. The summed E-state index contributed by atoms with van der Waals surface area (Å²) in [5.41, 5.74) is 0.278. The van der Waals surface area contributed by atoms with Crippen LogP contribution in [0.5, 0.6) is 0 Å². The molecule has 0 fully saturated rings. The zero-order valence-electron chi connectivity index (χ0n) is 13.3. The van der Waals surface area contributed by atoms with Crippen molar-refractivity contribution in [2.24, 2.45) is 0 Å². The van der Waals surface area contributed by atoms with Gasteiger partial charge in [-0.25, -0.2) is 4.98 Å². The number of carbonyl (C=O) groups excluding carboxylic acids is 1. The Morgan fingerprint density at radius 3 is 2.87 bits per heavy atom. The normalized spacial score (nSPS) is 10.9. The Labute approximate surface area is 139 Å². The zero-order chi connectivity index (χ0) is 16.8. The molecule has 0 bridgehead atoms. The molecule has 7 heteroatoms. The van der Waals surface area contributed by atoms with Crippen molar-refractivity contribution in [1.82, 2.24) is 14.9 Å². The van der Waals surface area contributed by atoms with Crippen molar-refractivity contribution in [3.05, 3.63) is 39.4 Å². The van der Waals surface area contributed by atoms with Gasteiger partial charge >= 0.3 is 0 Å². The number of carbonyl (C=O) groups is 1. The maximum Gasteiger partial charge on any atom is 0.258 e. The molecule has 0 unspecified atom stereocenters. The van der Waals surface area contributed by atoms with Crippen LogP contribution in [0.2, 0.25) is 5.02 Å². The number of rotatable bonds is 7. The summed E-state index contributed by atoms with van der Waals surface area (Å²) in [7, 11) is 0. The summed E-state index contributed by atoms with van der Waals surface area (Å²) >= 11 is 5.95. The smallest absolute Gasteiger partial charge is 0.258 e. The third-order valence-corrected chi connectivity index (χ3v) is 3.57. The van der Waals surface area contributed by atoms with Gasteiger partial charge in [-0.05, 0) is 31.5 Å². The number of fused-ring (bicyclic) bond motifs is 1. The molecular formula is C16H20ClN3O3. The maximum absolute atomic E-state index is 12.2. The summed E-state index contributed by atoms with van der Waals surface area (Å²) in [6, 6.07) is 4.93. The average Bonchev–Trinajstić information content (AvgIpc) is 2.51. The number of halogens is 1. The number of benzene rings is 1. The Kier molecular flexibility index (Phi) is 6.12. The summed E-state index contributed by atoms with van der Waals surface area (Å²) in [5.74, 6) is 0.311. The van der Waals surface area contributed by atoms with E-state index in [1.807, 2.05) is 13.8 Å². The average molecular weight is 338 g/mol. The second-order valence-corrected chi connectivity index (χ2v) is 5.56. The number of nitrogens with zero attached hydrogens (tertiary/aromatic N) is 2. The number of nitrogens with one attached hydrogen (secondary N) is 1. The van der Waals surface area contributed by atoms with E-state index in [2.05, 4.69) is 9.97 Å². The quantitative estimate of drug-likeness (QED) is 0.841. The lowest BCUT2D eigenvalue weighted by atomic mass is 10.2. The highest BCUT2D eigenvalue weighted by atomic mass is 35.5. The van der Waals surface area contributed by atoms with Crippen molar-refractivity contribution in [3.8, 4) is 0 Å². The molecule has 0 atom stereocenters. The van der Waals surface area contributed by atoms with E-state index in [-0.39, 0.29) is 24.6 Å². The molecule has 0 spiro atoms. The molecular weight excluding hydrogens is 318 g/mol. The van der Waals surface area contributed by atoms with Crippen LogP contribution < -0.4 is 5.56 Å². The van der Waals surface area contributed by atoms with Crippen LogP contribution in [0, 0.1) is 0 Å². The molecule has 0 aliphatic rings. The molecule has 0 radical (unpaired) electrons. The largest absolute Gasteiger partial charge is 0.372 e. The molecule has 124 valence electrons. The monoisotopic (exact) mass is 337 g/mol. The molecule has 0 saturated heterocycles. The molecule has 2 rings (SSSR count). The van der Waals surface area contributed by atoms with Crippen LogP contribution in [0.1, 0.15) is 26.1 Å². The Morgan fingerprint density at radius 2 is 2.17 bits per heavy atom. The Morgan fingerprint density at radius 1 is 1.39 bits per heavy atom. The van der Waals surface area contributed by atoms with Crippen LogP contribution in [0.4, 0.5) is 0 Å². The van der Waals surface area contributed by atoms with Crippen LogP contribution in [0.25, 0.3) is 10.9 Å². The molecule has 1 aromatic heterocycles. The van der Waals surface area contributed by atoms with Gasteiger partial charge in [-0.1, -0.05) is 18.5 Å². The van der Waals surface area contributed by atoms with Gasteiger partial charge < -0.3 is 14.6 Å². The van der Waals surface area contributed by atoms with E-state index in [4.69, 9.17) is 16.3 Å². The Hall–Kier alpha value is -1.92. The summed E-state index contributed by atoms with van der Waals surface area (Å²) in [6.45, 7) is 5.14. The fraction of sp³-hybridized carbons (Fsp3) is 0.438. The highest BCUT2D eigenvalue weighted by molar-refractivity contribution is 6.31. The van der Waals surface area contributed by atoms with Gasteiger partial charge in [0.1, 0.15) is 12.4 Å².